The predicted molar refractivity (Wildman–Crippen MR) is 156 cm³/mol. The number of aromatic nitrogens is 3. The molecular formula is C28H32ClN7OS. The van der Waals surface area contributed by atoms with Gasteiger partial charge < -0.3 is 24.8 Å². The van der Waals surface area contributed by atoms with E-state index in [0.29, 0.717) is 22.0 Å². The molecule has 2 heterocycles. The molecule has 10 heteroatoms. The zero-order valence-corrected chi connectivity index (χ0v) is 24.1. The Morgan fingerprint density at radius 2 is 2.00 bits per heavy atom. The van der Waals surface area contributed by atoms with Crippen molar-refractivity contribution in [1.82, 2.24) is 19.4 Å². The van der Waals surface area contributed by atoms with E-state index >= 15 is 0 Å². The average Bonchev–Trinajstić information content (AvgIpc) is 3.14. The molecule has 2 aromatic heterocycles. The molecule has 2 aromatic carbocycles. The van der Waals surface area contributed by atoms with Crippen molar-refractivity contribution >= 4 is 51.3 Å². The second-order valence-electron chi connectivity index (χ2n) is 9.31. The first-order valence-electron chi connectivity index (χ1n) is 12.3. The Labute approximate surface area is 233 Å². The minimum atomic E-state index is 0.430. The molecule has 0 aliphatic rings. The molecule has 4 rings (SSSR count). The minimum Gasteiger partial charge on any atom is -0.495 e. The highest BCUT2D eigenvalue weighted by Crippen LogP contribution is 2.38. The van der Waals surface area contributed by atoms with Gasteiger partial charge in [-0.3, -0.25) is 4.98 Å². The number of fused-ring (bicyclic) bond motifs is 1. The summed E-state index contributed by atoms with van der Waals surface area (Å²) in [4.78, 5) is 12.2. The number of nitriles is 1. The van der Waals surface area contributed by atoms with Crippen molar-refractivity contribution in [3.63, 3.8) is 0 Å². The average molecular weight is 550 g/mol. The molecular weight excluding hydrogens is 518 g/mol. The molecule has 0 saturated heterocycles. The Balaban J connectivity index is 1.63. The van der Waals surface area contributed by atoms with Gasteiger partial charge in [0.2, 0.25) is 0 Å². The van der Waals surface area contributed by atoms with E-state index in [0.717, 1.165) is 63.2 Å². The lowest BCUT2D eigenvalue weighted by Gasteiger charge is -2.17. The molecule has 0 unspecified atom stereocenters. The van der Waals surface area contributed by atoms with Crippen molar-refractivity contribution in [3.8, 4) is 11.8 Å². The largest absolute Gasteiger partial charge is 0.495 e. The molecule has 0 saturated carbocycles. The van der Waals surface area contributed by atoms with Crippen LogP contribution in [-0.2, 0) is 7.05 Å². The summed E-state index contributed by atoms with van der Waals surface area (Å²) >= 11 is 8.20. The molecule has 38 heavy (non-hydrogen) atoms. The molecule has 0 amide bonds. The second-order valence-corrected chi connectivity index (χ2v) is 10.7. The van der Waals surface area contributed by atoms with E-state index in [-0.39, 0.29) is 0 Å². The standard InChI is InChI=1S/C28H32ClN7OS/c1-17-18(2)36(5)28(33-17)38-26-9-8-20(12-22(26)29)34-27-19(15-30)16-32-23-14-24(25(37-6)13-21(23)27)31-10-7-11-35(3)4/h8-9,12-14,16,31H,7,10-11H2,1-6H3,(H,32,34). The van der Waals surface area contributed by atoms with Gasteiger partial charge in [-0.2, -0.15) is 5.26 Å². The van der Waals surface area contributed by atoms with Crippen LogP contribution in [0.4, 0.5) is 17.1 Å². The van der Waals surface area contributed by atoms with Crippen molar-refractivity contribution in [2.75, 3.05) is 44.9 Å². The third-order valence-corrected chi connectivity index (χ3v) is 7.94. The third kappa shape index (κ3) is 5.99. The summed E-state index contributed by atoms with van der Waals surface area (Å²) in [6, 6.07) is 11.9. The van der Waals surface area contributed by atoms with Crippen LogP contribution in [0.5, 0.6) is 5.75 Å². The normalized spacial score (nSPS) is 11.1. The van der Waals surface area contributed by atoms with Gasteiger partial charge >= 0.3 is 0 Å². The zero-order chi connectivity index (χ0) is 27.4. The maximum atomic E-state index is 9.82. The van der Waals surface area contributed by atoms with Crippen molar-refractivity contribution in [3.05, 3.63) is 58.5 Å². The number of nitrogens with zero attached hydrogens (tertiary/aromatic N) is 5. The van der Waals surface area contributed by atoms with E-state index in [1.165, 1.54) is 11.8 Å². The Hall–Kier alpha value is -3.45. The van der Waals surface area contributed by atoms with Gasteiger partial charge in [0.05, 0.1) is 40.3 Å². The Morgan fingerprint density at radius 1 is 1.21 bits per heavy atom. The van der Waals surface area contributed by atoms with Gasteiger partial charge in [-0.05, 0) is 71.2 Å². The van der Waals surface area contributed by atoms with Crippen LogP contribution in [-0.4, -0.2) is 53.7 Å². The first kappa shape index (κ1) is 27.6. The topological polar surface area (TPSA) is 91.0 Å². The van der Waals surface area contributed by atoms with Crippen molar-refractivity contribution < 1.29 is 4.74 Å². The van der Waals surface area contributed by atoms with Gasteiger partial charge in [-0.25, -0.2) is 4.98 Å². The fourth-order valence-electron chi connectivity index (χ4n) is 4.04. The maximum Gasteiger partial charge on any atom is 0.173 e. The lowest BCUT2D eigenvalue weighted by Crippen LogP contribution is -2.16. The van der Waals surface area contributed by atoms with Crippen LogP contribution in [0.1, 0.15) is 23.4 Å². The first-order chi connectivity index (χ1) is 18.2. The monoisotopic (exact) mass is 549 g/mol. The molecule has 198 valence electrons. The van der Waals surface area contributed by atoms with E-state index in [4.69, 9.17) is 16.3 Å². The van der Waals surface area contributed by atoms with Crippen LogP contribution in [0.3, 0.4) is 0 Å². The summed E-state index contributed by atoms with van der Waals surface area (Å²) in [5.74, 6) is 0.688. The maximum absolute atomic E-state index is 9.82. The molecule has 0 atom stereocenters. The molecule has 2 N–H and O–H groups in total. The highest BCUT2D eigenvalue weighted by Gasteiger charge is 2.16. The molecule has 0 aliphatic carbocycles. The van der Waals surface area contributed by atoms with Gasteiger partial charge in [0.25, 0.3) is 0 Å². The lowest BCUT2D eigenvalue weighted by molar-refractivity contribution is 0.404. The van der Waals surface area contributed by atoms with Crippen molar-refractivity contribution in [1.29, 1.82) is 5.26 Å². The number of hydrogen-bond acceptors (Lipinski definition) is 8. The van der Waals surface area contributed by atoms with E-state index in [1.807, 2.05) is 51.2 Å². The number of hydrogen-bond donors (Lipinski definition) is 2. The summed E-state index contributed by atoms with van der Waals surface area (Å²) < 4.78 is 7.74. The van der Waals surface area contributed by atoms with Gasteiger partial charge in [-0.15, -0.1) is 0 Å². The van der Waals surface area contributed by atoms with Gasteiger partial charge in [-0.1, -0.05) is 23.4 Å². The summed E-state index contributed by atoms with van der Waals surface area (Å²) in [7, 11) is 7.76. The Kier molecular flexibility index (Phi) is 8.67. The number of halogens is 1. The lowest BCUT2D eigenvalue weighted by atomic mass is 10.1. The van der Waals surface area contributed by atoms with E-state index in [1.54, 1.807) is 13.3 Å². The van der Waals surface area contributed by atoms with Gasteiger partial charge in [0.15, 0.2) is 5.16 Å². The first-order valence-corrected chi connectivity index (χ1v) is 13.4. The quantitative estimate of drug-likeness (QED) is 0.220. The number of benzene rings is 2. The number of methoxy groups -OCH3 is 1. The Morgan fingerprint density at radius 3 is 2.63 bits per heavy atom. The number of anilines is 3. The number of ether oxygens (including phenoxy) is 1. The number of aryl methyl sites for hydroxylation is 1. The minimum absolute atomic E-state index is 0.430. The third-order valence-electron chi connectivity index (χ3n) is 6.39. The van der Waals surface area contributed by atoms with Crippen LogP contribution >= 0.6 is 23.4 Å². The summed E-state index contributed by atoms with van der Waals surface area (Å²) in [5, 5.41) is 18.9. The number of rotatable bonds is 10. The smallest absolute Gasteiger partial charge is 0.173 e. The highest BCUT2D eigenvalue weighted by molar-refractivity contribution is 7.99. The molecule has 4 aromatic rings. The van der Waals surface area contributed by atoms with Crippen molar-refractivity contribution in [2.45, 2.75) is 30.3 Å². The molecule has 0 aliphatic heterocycles. The molecule has 0 bridgehead atoms. The number of imidazole rings is 1. The fraction of sp³-hybridized carbons (Fsp3) is 0.321. The predicted octanol–water partition coefficient (Wildman–Crippen LogP) is 6.38. The summed E-state index contributed by atoms with van der Waals surface area (Å²) in [6.07, 6.45) is 2.58. The highest BCUT2D eigenvalue weighted by atomic mass is 35.5. The molecule has 0 radical (unpaired) electrons. The molecule has 8 nitrogen and oxygen atoms in total. The van der Waals surface area contributed by atoms with Gasteiger partial charge in [0, 0.05) is 41.5 Å². The summed E-state index contributed by atoms with van der Waals surface area (Å²) in [5.41, 5.74) is 5.59. The number of nitrogens with one attached hydrogen (secondary N) is 2. The van der Waals surface area contributed by atoms with E-state index < -0.39 is 0 Å². The zero-order valence-electron chi connectivity index (χ0n) is 22.5. The molecule has 0 spiro atoms. The van der Waals surface area contributed by atoms with E-state index in [9.17, 15) is 5.26 Å². The fourth-order valence-corrected chi connectivity index (χ4v) is 5.29. The van der Waals surface area contributed by atoms with Crippen LogP contribution < -0.4 is 15.4 Å². The van der Waals surface area contributed by atoms with Crippen LogP contribution in [0.2, 0.25) is 5.02 Å². The van der Waals surface area contributed by atoms with Crippen LogP contribution in [0, 0.1) is 25.2 Å². The second kappa shape index (κ2) is 11.9. The van der Waals surface area contributed by atoms with E-state index in [2.05, 4.69) is 50.2 Å². The Bertz CT molecular complexity index is 1510. The summed E-state index contributed by atoms with van der Waals surface area (Å²) in [6.45, 7) is 5.84. The SMILES string of the molecule is COc1cc2c(Nc3ccc(Sc4nc(C)c(C)n4C)c(Cl)c3)c(C#N)cnc2cc1NCCCN(C)C. The molecule has 0 fully saturated rings. The van der Waals surface area contributed by atoms with Crippen molar-refractivity contribution in [2.24, 2.45) is 7.05 Å². The van der Waals surface area contributed by atoms with Crippen LogP contribution in [0.25, 0.3) is 10.9 Å². The van der Waals surface area contributed by atoms with Crippen LogP contribution in [0.15, 0.2) is 46.6 Å². The van der Waals surface area contributed by atoms with Gasteiger partial charge in [0.1, 0.15) is 11.8 Å². The number of pyridine rings is 1.